The lowest BCUT2D eigenvalue weighted by Gasteiger charge is -2.28. The highest BCUT2D eigenvalue weighted by molar-refractivity contribution is 7.89. The van der Waals surface area contributed by atoms with Gasteiger partial charge in [-0.1, -0.05) is 0 Å². The molecule has 0 bridgehead atoms. The molecule has 1 heterocycles. The Morgan fingerprint density at radius 3 is 2.40 bits per heavy atom. The number of likely N-dealkylation sites (tertiary alicyclic amines) is 1. The van der Waals surface area contributed by atoms with Crippen LogP contribution in [0.1, 0.15) is 12.8 Å². The Balaban J connectivity index is 2.02. The number of hydrogen-bond acceptors (Lipinski definition) is 5. The molecule has 0 aromatic heterocycles. The highest BCUT2D eigenvalue weighted by Crippen LogP contribution is 2.17. The maximum atomic E-state index is 12.2. The minimum Gasteiger partial charge on any atom is -0.497 e. The Labute approximate surface area is 119 Å². The van der Waals surface area contributed by atoms with E-state index in [1.807, 2.05) is 0 Å². The van der Waals surface area contributed by atoms with Crippen molar-refractivity contribution in [1.29, 1.82) is 5.26 Å². The van der Waals surface area contributed by atoms with Gasteiger partial charge in [0.2, 0.25) is 10.0 Å². The van der Waals surface area contributed by atoms with E-state index in [2.05, 4.69) is 10.9 Å². The number of piperidine rings is 1. The highest BCUT2D eigenvalue weighted by Gasteiger charge is 2.24. The van der Waals surface area contributed by atoms with Gasteiger partial charge in [-0.15, -0.1) is 0 Å². The smallest absolute Gasteiger partial charge is 0.240 e. The number of benzene rings is 1. The quantitative estimate of drug-likeness (QED) is 0.835. The van der Waals surface area contributed by atoms with Gasteiger partial charge in [-0.3, -0.25) is 0 Å². The second kappa shape index (κ2) is 6.11. The predicted molar refractivity (Wildman–Crippen MR) is 73.5 cm³/mol. The fourth-order valence-corrected chi connectivity index (χ4v) is 3.44. The van der Waals surface area contributed by atoms with Crippen LogP contribution in [0.5, 0.6) is 5.75 Å². The third-order valence-corrected chi connectivity index (χ3v) is 4.86. The molecule has 1 saturated heterocycles. The number of nitrogens with zero attached hydrogens (tertiary/aromatic N) is 2. The average molecular weight is 295 g/mol. The summed E-state index contributed by atoms with van der Waals surface area (Å²) < 4.78 is 32.1. The molecule has 2 rings (SSSR count). The topological polar surface area (TPSA) is 82.4 Å². The van der Waals surface area contributed by atoms with Gasteiger partial charge in [0.1, 0.15) is 5.75 Å². The lowest BCUT2D eigenvalue weighted by molar-refractivity contribution is 0.285. The standard InChI is InChI=1S/C13H17N3O3S/c1-19-12-2-4-13(5-3-12)20(17,18)15-11-6-8-16(10-14)9-7-11/h2-5,11,15H,6-9H2,1H3. The van der Waals surface area contributed by atoms with Gasteiger partial charge < -0.3 is 9.64 Å². The Bertz CT molecular complexity index is 584. The van der Waals surface area contributed by atoms with Crippen molar-refractivity contribution >= 4 is 10.0 Å². The average Bonchev–Trinajstić information content (AvgIpc) is 2.48. The van der Waals surface area contributed by atoms with Gasteiger partial charge in [-0.2, -0.15) is 5.26 Å². The molecular formula is C13H17N3O3S. The SMILES string of the molecule is COc1ccc(S(=O)(=O)NC2CCN(C#N)CC2)cc1. The highest BCUT2D eigenvalue weighted by atomic mass is 32.2. The Morgan fingerprint density at radius 2 is 1.90 bits per heavy atom. The summed E-state index contributed by atoms with van der Waals surface area (Å²) in [5.74, 6) is 0.617. The third kappa shape index (κ3) is 3.40. The van der Waals surface area contributed by atoms with Gasteiger partial charge in [0.25, 0.3) is 0 Å². The second-order valence-electron chi connectivity index (χ2n) is 4.66. The van der Waals surface area contributed by atoms with Crippen LogP contribution in [0.25, 0.3) is 0 Å². The zero-order valence-corrected chi connectivity index (χ0v) is 12.1. The molecule has 1 N–H and O–H groups in total. The minimum atomic E-state index is -3.52. The first kappa shape index (κ1) is 14.6. The van der Waals surface area contributed by atoms with E-state index < -0.39 is 10.0 Å². The molecule has 1 aromatic carbocycles. The summed E-state index contributed by atoms with van der Waals surface area (Å²) in [4.78, 5) is 1.86. The fraction of sp³-hybridized carbons (Fsp3) is 0.462. The van der Waals surface area contributed by atoms with Gasteiger partial charge in [-0.25, -0.2) is 13.1 Å². The van der Waals surface area contributed by atoms with Gasteiger partial charge in [0.15, 0.2) is 6.19 Å². The minimum absolute atomic E-state index is 0.119. The van der Waals surface area contributed by atoms with Crippen molar-refractivity contribution in [3.8, 4) is 11.9 Å². The molecular weight excluding hydrogens is 278 g/mol. The van der Waals surface area contributed by atoms with E-state index >= 15 is 0 Å². The number of hydrogen-bond donors (Lipinski definition) is 1. The molecule has 1 aromatic rings. The summed E-state index contributed by atoms with van der Waals surface area (Å²) in [5.41, 5.74) is 0. The van der Waals surface area contributed by atoms with Gasteiger partial charge in [0, 0.05) is 19.1 Å². The van der Waals surface area contributed by atoms with Gasteiger partial charge in [0.05, 0.1) is 12.0 Å². The van der Waals surface area contributed by atoms with Crippen LogP contribution in [0, 0.1) is 11.5 Å². The first-order valence-electron chi connectivity index (χ1n) is 6.36. The number of rotatable bonds is 4. The van der Waals surface area contributed by atoms with E-state index in [0.29, 0.717) is 31.7 Å². The van der Waals surface area contributed by atoms with Crippen molar-refractivity contribution in [3.05, 3.63) is 24.3 Å². The summed E-state index contributed by atoms with van der Waals surface area (Å²) in [6.07, 6.45) is 3.36. The van der Waals surface area contributed by atoms with Crippen LogP contribution >= 0.6 is 0 Å². The monoisotopic (exact) mass is 295 g/mol. The molecule has 20 heavy (non-hydrogen) atoms. The van der Waals surface area contributed by atoms with Gasteiger partial charge in [-0.05, 0) is 37.1 Å². The Hall–Kier alpha value is -1.78. The summed E-state index contributed by atoms with van der Waals surface area (Å²) in [6, 6.07) is 6.16. The molecule has 1 aliphatic rings. The van der Waals surface area contributed by atoms with Crippen molar-refractivity contribution in [2.24, 2.45) is 0 Å². The molecule has 0 radical (unpaired) electrons. The summed E-state index contributed by atoms with van der Waals surface area (Å²) in [6.45, 7) is 1.18. The lowest BCUT2D eigenvalue weighted by Crippen LogP contribution is -2.43. The van der Waals surface area contributed by atoms with Crippen molar-refractivity contribution in [1.82, 2.24) is 9.62 Å². The molecule has 6 nitrogen and oxygen atoms in total. The van der Waals surface area contributed by atoms with Crippen molar-refractivity contribution in [2.45, 2.75) is 23.8 Å². The van der Waals surface area contributed by atoms with E-state index in [9.17, 15) is 8.42 Å². The van der Waals surface area contributed by atoms with Crippen LogP contribution in [-0.4, -0.2) is 39.6 Å². The molecule has 1 fully saturated rings. The van der Waals surface area contributed by atoms with E-state index in [1.54, 1.807) is 17.0 Å². The molecule has 0 aliphatic carbocycles. The van der Waals surface area contributed by atoms with E-state index in [1.165, 1.54) is 19.2 Å². The first-order valence-corrected chi connectivity index (χ1v) is 7.84. The van der Waals surface area contributed by atoms with Crippen LogP contribution in [0.15, 0.2) is 29.2 Å². The second-order valence-corrected chi connectivity index (χ2v) is 6.37. The van der Waals surface area contributed by atoms with Gasteiger partial charge >= 0.3 is 0 Å². The maximum absolute atomic E-state index is 12.2. The first-order chi connectivity index (χ1) is 9.55. The summed E-state index contributed by atoms with van der Waals surface area (Å²) in [5, 5.41) is 8.76. The van der Waals surface area contributed by atoms with Crippen LogP contribution in [0.3, 0.4) is 0 Å². The van der Waals surface area contributed by atoms with Crippen LogP contribution in [-0.2, 0) is 10.0 Å². The number of nitriles is 1. The fourth-order valence-electron chi connectivity index (χ4n) is 2.14. The number of methoxy groups -OCH3 is 1. The molecule has 0 amide bonds. The van der Waals surface area contributed by atoms with Crippen LogP contribution in [0.4, 0.5) is 0 Å². The predicted octanol–water partition coefficient (Wildman–Crippen LogP) is 0.919. The van der Waals surface area contributed by atoms with Crippen molar-refractivity contribution < 1.29 is 13.2 Å². The van der Waals surface area contributed by atoms with E-state index in [0.717, 1.165) is 0 Å². The molecule has 108 valence electrons. The maximum Gasteiger partial charge on any atom is 0.240 e. The molecule has 0 unspecified atom stereocenters. The molecule has 7 heteroatoms. The molecule has 1 aliphatic heterocycles. The number of sulfonamides is 1. The molecule has 0 atom stereocenters. The molecule has 0 saturated carbocycles. The largest absolute Gasteiger partial charge is 0.497 e. The van der Waals surface area contributed by atoms with E-state index in [4.69, 9.17) is 10.00 Å². The normalized spacial score (nSPS) is 16.7. The Kier molecular flexibility index (Phi) is 4.47. The summed E-state index contributed by atoms with van der Waals surface area (Å²) in [7, 11) is -1.98. The van der Waals surface area contributed by atoms with Crippen LogP contribution < -0.4 is 9.46 Å². The third-order valence-electron chi connectivity index (χ3n) is 3.33. The summed E-state index contributed by atoms with van der Waals surface area (Å²) >= 11 is 0. The lowest BCUT2D eigenvalue weighted by atomic mass is 10.1. The van der Waals surface area contributed by atoms with E-state index in [-0.39, 0.29) is 10.9 Å². The Morgan fingerprint density at radius 1 is 1.30 bits per heavy atom. The zero-order valence-electron chi connectivity index (χ0n) is 11.2. The van der Waals surface area contributed by atoms with Crippen molar-refractivity contribution in [2.75, 3.05) is 20.2 Å². The molecule has 0 spiro atoms. The number of nitrogens with one attached hydrogen (secondary N) is 1. The number of ether oxygens (including phenoxy) is 1. The zero-order chi connectivity index (χ0) is 14.6. The van der Waals surface area contributed by atoms with Crippen molar-refractivity contribution in [3.63, 3.8) is 0 Å². The van der Waals surface area contributed by atoms with Crippen LogP contribution in [0.2, 0.25) is 0 Å².